The van der Waals surface area contributed by atoms with Crippen molar-refractivity contribution in [1.29, 1.82) is 0 Å². The zero-order valence-corrected chi connectivity index (χ0v) is 22.3. The van der Waals surface area contributed by atoms with Crippen molar-refractivity contribution in [2.24, 2.45) is 17.4 Å². The highest BCUT2D eigenvalue weighted by Crippen LogP contribution is 2.19. The average molecular weight is 549 g/mol. The molecule has 5 unspecified atom stereocenters. The van der Waals surface area contributed by atoms with Crippen molar-refractivity contribution in [3.05, 3.63) is 36.0 Å². The number of nitrogens with two attached hydrogens (primary N) is 2. The molecule has 38 heavy (non-hydrogen) atoms. The molecular weight excluding hydrogens is 512 g/mol. The number of nitrogens with one attached hydrogen (secondary N) is 4. The Morgan fingerprint density at radius 2 is 1.66 bits per heavy atom. The number of aliphatic carboxylic acids is 1. The molecule has 9 N–H and O–H groups in total. The number of hydrogen-bond acceptors (Lipinski definition) is 7. The Morgan fingerprint density at radius 3 is 2.26 bits per heavy atom. The first-order chi connectivity index (χ1) is 18.0. The Morgan fingerprint density at radius 1 is 1.03 bits per heavy atom. The second-order valence-corrected chi connectivity index (χ2v) is 9.56. The van der Waals surface area contributed by atoms with E-state index in [1.165, 1.54) is 0 Å². The van der Waals surface area contributed by atoms with Gasteiger partial charge in [0.25, 0.3) is 0 Å². The number of carboxylic acids is 1. The predicted molar refractivity (Wildman–Crippen MR) is 145 cm³/mol. The summed E-state index contributed by atoms with van der Waals surface area (Å²) in [6.07, 6.45) is 2.12. The molecule has 1 heterocycles. The van der Waals surface area contributed by atoms with Crippen molar-refractivity contribution >= 4 is 53.1 Å². The number of rotatable bonds is 15. The molecule has 0 radical (unpaired) electrons. The van der Waals surface area contributed by atoms with Gasteiger partial charge < -0.3 is 37.5 Å². The number of carboxylic acid groups (broad SMARTS) is 1. The number of carbonyl (C=O) groups excluding carboxylic acids is 4. The van der Waals surface area contributed by atoms with Gasteiger partial charge in [0.15, 0.2) is 0 Å². The first kappa shape index (κ1) is 30.6. The summed E-state index contributed by atoms with van der Waals surface area (Å²) in [4.78, 5) is 64.7. The zero-order valence-electron chi connectivity index (χ0n) is 21.4. The third kappa shape index (κ3) is 8.48. The number of benzene rings is 1. The molecule has 2 rings (SSSR count). The molecule has 0 aliphatic rings. The second kappa shape index (κ2) is 14.4. The number of primary amides is 1. The predicted octanol–water partition coefficient (Wildman–Crippen LogP) is -0.182. The molecule has 0 saturated heterocycles. The molecule has 13 heteroatoms. The van der Waals surface area contributed by atoms with Gasteiger partial charge in [-0.25, -0.2) is 4.79 Å². The SMILES string of the molecule is CCC(C)C(NC(=O)C(CS)NC(=O)C(CCC(N)=O)NC(=O)C(N)Cc1c[nH]c2ccccc12)C(=O)O. The molecule has 0 aliphatic heterocycles. The van der Waals surface area contributed by atoms with Crippen LogP contribution in [0.3, 0.4) is 0 Å². The Labute approximate surface area is 226 Å². The average Bonchev–Trinajstić information content (AvgIpc) is 3.29. The van der Waals surface area contributed by atoms with Crippen molar-refractivity contribution in [2.75, 3.05) is 5.75 Å². The number of hydrogen-bond donors (Lipinski definition) is 8. The molecule has 0 bridgehead atoms. The maximum Gasteiger partial charge on any atom is 0.326 e. The monoisotopic (exact) mass is 548 g/mol. The van der Waals surface area contributed by atoms with Crippen molar-refractivity contribution in [3.8, 4) is 0 Å². The maximum atomic E-state index is 13.0. The molecule has 12 nitrogen and oxygen atoms in total. The van der Waals surface area contributed by atoms with Crippen LogP contribution in [0.15, 0.2) is 30.5 Å². The lowest BCUT2D eigenvalue weighted by atomic mass is 9.99. The van der Waals surface area contributed by atoms with Gasteiger partial charge in [0.2, 0.25) is 23.6 Å². The number of amides is 4. The summed E-state index contributed by atoms with van der Waals surface area (Å²) in [5.74, 6) is -4.50. The third-order valence-corrected chi connectivity index (χ3v) is 6.72. The molecular formula is C25H36N6O6S. The number of carbonyl (C=O) groups is 5. The van der Waals surface area contributed by atoms with Gasteiger partial charge in [-0.1, -0.05) is 38.5 Å². The van der Waals surface area contributed by atoms with Crippen LogP contribution in [0.2, 0.25) is 0 Å². The highest BCUT2D eigenvalue weighted by molar-refractivity contribution is 7.80. The lowest BCUT2D eigenvalue weighted by Gasteiger charge is -2.25. The van der Waals surface area contributed by atoms with Crippen LogP contribution in [0.5, 0.6) is 0 Å². The first-order valence-electron chi connectivity index (χ1n) is 12.3. The van der Waals surface area contributed by atoms with E-state index in [1.54, 1.807) is 20.0 Å². The van der Waals surface area contributed by atoms with Crippen LogP contribution in [0.4, 0.5) is 0 Å². The minimum absolute atomic E-state index is 0.127. The van der Waals surface area contributed by atoms with E-state index in [0.29, 0.717) is 6.42 Å². The largest absolute Gasteiger partial charge is 0.480 e. The van der Waals surface area contributed by atoms with Gasteiger partial charge in [-0.2, -0.15) is 12.6 Å². The minimum atomic E-state index is -1.22. The van der Waals surface area contributed by atoms with Crippen molar-refractivity contribution < 1.29 is 29.1 Å². The highest BCUT2D eigenvalue weighted by Gasteiger charge is 2.31. The molecule has 0 fully saturated rings. The minimum Gasteiger partial charge on any atom is -0.480 e. The molecule has 1 aromatic heterocycles. The van der Waals surface area contributed by atoms with Crippen LogP contribution in [-0.4, -0.2) is 69.6 Å². The van der Waals surface area contributed by atoms with E-state index >= 15 is 0 Å². The Balaban J connectivity index is 2.10. The van der Waals surface area contributed by atoms with Crippen molar-refractivity contribution in [1.82, 2.24) is 20.9 Å². The summed E-state index contributed by atoms with van der Waals surface area (Å²) >= 11 is 4.11. The van der Waals surface area contributed by atoms with E-state index < -0.39 is 53.8 Å². The van der Waals surface area contributed by atoms with Gasteiger partial charge >= 0.3 is 5.97 Å². The number of thiol groups is 1. The van der Waals surface area contributed by atoms with E-state index in [9.17, 15) is 29.1 Å². The zero-order chi connectivity index (χ0) is 28.4. The van der Waals surface area contributed by atoms with Crippen LogP contribution >= 0.6 is 12.6 Å². The van der Waals surface area contributed by atoms with E-state index in [1.807, 2.05) is 24.3 Å². The summed E-state index contributed by atoms with van der Waals surface area (Å²) in [5.41, 5.74) is 13.1. The lowest BCUT2D eigenvalue weighted by molar-refractivity contribution is -0.143. The normalized spacial score (nSPS) is 15.1. The number of fused-ring (bicyclic) bond motifs is 1. The fraction of sp³-hybridized carbons (Fsp3) is 0.480. The van der Waals surface area contributed by atoms with Gasteiger partial charge in [0, 0.05) is 29.3 Å². The third-order valence-electron chi connectivity index (χ3n) is 6.36. The fourth-order valence-corrected chi connectivity index (χ4v) is 4.12. The number of para-hydroxylation sites is 1. The Hall–Kier alpha value is -3.58. The van der Waals surface area contributed by atoms with Crippen LogP contribution in [-0.2, 0) is 30.4 Å². The summed E-state index contributed by atoms with van der Waals surface area (Å²) in [6.45, 7) is 3.47. The number of aromatic amines is 1. The van der Waals surface area contributed by atoms with Crippen LogP contribution in [0, 0.1) is 5.92 Å². The topological polar surface area (TPSA) is 209 Å². The Bertz CT molecular complexity index is 1150. The summed E-state index contributed by atoms with van der Waals surface area (Å²) in [5, 5.41) is 17.8. The number of aromatic nitrogens is 1. The highest BCUT2D eigenvalue weighted by atomic mass is 32.1. The molecule has 2 aromatic rings. The Kier molecular flexibility index (Phi) is 11.6. The standard InChI is InChI=1S/C25H36N6O6S/c1-3-13(2)21(25(36)37)31-24(35)19(12-38)30-23(34)18(8-9-20(27)32)29-22(33)16(26)10-14-11-28-17-7-5-4-6-15(14)17/h4-7,11,13,16,18-19,21,28,38H,3,8-10,12,26H2,1-2H3,(H2,27,32)(H,29,33)(H,30,34)(H,31,35)(H,36,37). The van der Waals surface area contributed by atoms with Gasteiger partial charge in [-0.15, -0.1) is 0 Å². The second-order valence-electron chi connectivity index (χ2n) is 9.19. The molecule has 0 spiro atoms. The lowest BCUT2D eigenvalue weighted by Crippen LogP contribution is -2.58. The van der Waals surface area contributed by atoms with Crippen LogP contribution < -0.4 is 27.4 Å². The van der Waals surface area contributed by atoms with Crippen molar-refractivity contribution in [3.63, 3.8) is 0 Å². The van der Waals surface area contributed by atoms with Crippen LogP contribution in [0.25, 0.3) is 10.9 Å². The van der Waals surface area contributed by atoms with E-state index in [4.69, 9.17) is 11.5 Å². The molecule has 1 aromatic carbocycles. The first-order valence-corrected chi connectivity index (χ1v) is 12.9. The summed E-state index contributed by atoms with van der Waals surface area (Å²) < 4.78 is 0. The van der Waals surface area contributed by atoms with E-state index in [2.05, 4.69) is 33.6 Å². The summed E-state index contributed by atoms with van der Waals surface area (Å²) in [7, 11) is 0. The maximum absolute atomic E-state index is 13.0. The van der Waals surface area contributed by atoms with Gasteiger partial charge in [-0.3, -0.25) is 19.2 Å². The smallest absolute Gasteiger partial charge is 0.326 e. The number of H-pyrrole nitrogens is 1. The van der Waals surface area contributed by atoms with E-state index in [0.717, 1.165) is 16.5 Å². The van der Waals surface area contributed by atoms with Crippen molar-refractivity contribution in [2.45, 2.75) is 63.7 Å². The molecule has 4 amide bonds. The van der Waals surface area contributed by atoms with E-state index in [-0.39, 0.29) is 30.9 Å². The molecule has 5 atom stereocenters. The van der Waals surface area contributed by atoms with Gasteiger partial charge in [0.05, 0.1) is 6.04 Å². The van der Waals surface area contributed by atoms with Gasteiger partial charge in [-0.05, 0) is 30.4 Å². The van der Waals surface area contributed by atoms with Gasteiger partial charge in [0.1, 0.15) is 18.1 Å². The van der Waals surface area contributed by atoms with Crippen LogP contribution in [0.1, 0.15) is 38.7 Å². The molecule has 0 saturated carbocycles. The fourth-order valence-electron chi connectivity index (χ4n) is 3.87. The summed E-state index contributed by atoms with van der Waals surface area (Å²) in [6, 6.07) is 2.97. The quantitative estimate of drug-likeness (QED) is 0.141. The molecule has 0 aliphatic carbocycles. The molecule has 208 valence electrons.